The van der Waals surface area contributed by atoms with E-state index in [1.807, 2.05) is 51.1 Å². The van der Waals surface area contributed by atoms with Gasteiger partial charge < -0.3 is 14.8 Å². The molecule has 0 aliphatic rings. The fourth-order valence-corrected chi connectivity index (χ4v) is 1.96. The van der Waals surface area contributed by atoms with E-state index in [1.165, 1.54) is 0 Å². The van der Waals surface area contributed by atoms with E-state index in [4.69, 9.17) is 9.47 Å². The summed E-state index contributed by atoms with van der Waals surface area (Å²) >= 11 is 0. The van der Waals surface area contributed by atoms with Gasteiger partial charge in [-0.3, -0.25) is 0 Å². The summed E-state index contributed by atoms with van der Waals surface area (Å²) in [6.07, 6.45) is 1.86. The molecule has 0 aromatic heterocycles. The van der Waals surface area contributed by atoms with Crippen LogP contribution >= 0.6 is 0 Å². The highest BCUT2D eigenvalue weighted by atomic mass is 16.6. The summed E-state index contributed by atoms with van der Waals surface area (Å²) in [5, 5.41) is 2.83. The Morgan fingerprint density at radius 1 is 1.30 bits per heavy atom. The van der Waals surface area contributed by atoms with Crippen LogP contribution in [0, 0.1) is 0 Å². The standard InChI is InChI=1S/C19H27NO3/c1-6-12-22-14-17(20-18(21)23-19(3,4)5)15(2)13-16-10-8-7-9-11-16/h6-11,17H,1-2,12-14H2,3-5H3,(H,20,21)/t17-/m0/s1. The van der Waals surface area contributed by atoms with Crippen LogP contribution in [0.4, 0.5) is 4.79 Å². The molecule has 0 bridgehead atoms. The second kappa shape index (κ2) is 9.16. The molecule has 1 rings (SSSR count). The predicted molar refractivity (Wildman–Crippen MR) is 93.5 cm³/mol. The van der Waals surface area contributed by atoms with Crippen molar-refractivity contribution in [2.45, 2.75) is 38.8 Å². The molecule has 1 aromatic rings. The number of benzene rings is 1. The van der Waals surface area contributed by atoms with Crippen molar-refractivity contribution in [1.82, 2.24) is 5.32 Å². The number of carbonyl (C=O) groups is 1. The van der Waals surface area contributed by atoms with Crippen molar-refractivity contribution < 1.29 is 14.3 Å². The van der Waals surface area contributed by atoms with Gasteiger partial charge in [-0.05, 0) is 38.3 Å². The third kappa shape index (κ3) is 8.21. The first-order valence-corrected chi connectivity index (χ1v) is 7.71. The van der Waals surface area contributed by atoms with E-state index in [-0.39, 0.29) is 6.04 Å². The van der Waals surface area contributed by atoms with Crippen LogP contribution in [0.25, 0.3) is 0 Å². The number of carbonyl (C=O) groups excluding carboxylic acids is 1. The zero-order valence-electron chi connectivity index (χ0n) is 14.3. The Morgan fingerprint density at radius 3 is 2.52 bits per heavy atom. The second-order valence-corrected chi connectivity index (χ2v) is 6.35. The minimum Gasteiger partial charge on any atom is -0.444 e. The van der Waals surface area contributed by atoms with Crippen LogP contribution in [-0.2, 0) is 15.9 Å². The van der Waals surface area contributed by atoms with Crippen molar-refractivity contribution >= 4 is 6.09 Å². The molecule has 126 valence electrons. The lowest BCUT2D eigenvalue weighted by Crippen LogP contribution is -2.42. The third-order valence-corrected chi connectivity index (χ3v) is 2.98. The van der Waals surface area contributed by atoms with E-state index in [0.717, 1.165) is 11.1 Å². The number of nitrogens with one attached hydrogen (secondary N) is 1. The van der Waals surface area contributed by atoms with Crippen molar-refractivity contribution in [1.29, 1.82) is 0 Å². The molecule has 0 aliphatic carbocycles. The first-order valence-electron chi connectivity index (χ1n) is 7.71. The van der Waals surface area contributed by atoms with Crippen LogP contribution in [0.5, 0.6) is 0 Å². The zero-order chi connectivity index (χ0) is 17.3. The van der Waals surface area contributed by atoms with Crippen LogP contribution in [0.15, 0.2) is 55.1 Å². The molecule has 1 atom stereocenters. The smallest absolute Gasteiger partial charge is 0.408 e. The van der Waals surface area contributed by atoms with Gasteiger partial charge in [-0.25, -0.2) is 4.79 Å². The first-order chi connectivity index (χ1) is 10.8. The molecular formula is C19H27NO3. The maximum absolute atomic E-state index is 12.0. The van der Waals surface area contributed by atoms with Gasteiger partial charge in [0.2, 0.25) is 0 Å². The number of amides is 1. The van der Waals surface area contributed by atoms with E-state index >= 15 is 0 Å². The quantitative estimate of drug-likeness (QED) is 0.584. The molecule has 4 heteroatoms. The van der Waals surface area contributed by atoms with E-state index in [0.29, 0.717) is 19.6 Å². The van der Waals surface area contributed by atoms with Gasteiger partial charge in [0.25, 0.3) is 0 Å². The highest BCUT2D eigenvalue weighted by Gasteiger charge is 2.21. The van der Waals surface area contributed by atoms with Gasteiger partial charge >= 0.3 is 6.09 Å². The molecule has 4 nitrogen and oxygen atoms in total. The largest absolute Gasteiger partial charge is 0.444 e. The van der Waals surface area contributed by atoms with Gasteiger partial charge in [-0.15, -0.1) is 6.58 Å². The lowest BCUT2D eigenvalue weighted by Gasteiger charge is -2.25. The van der Waals surface area contributed by atoms with E-state index in [1.54, 1.807) is 6.08 Å². The van der Waals surface area contributed by atoms with Gasteiger partial charge in [0, 0.05) is 0 Å². The molecule has 0 saturated carbocycles. The summed E-state index contributed by atoms with van der Waals surface area (Å²) in [6, 6.07) is 9.67. The molecule has 1 N–H and O–H groups in total. The van der Waals surface area contributed by atoms with Crippen molar-refractivity contribution in [2.75, 3.05) is 13.2 Å². The Kier molecular flexibility index (Phi) is 7.55. The lowest BCUT2D eigenvalue weighted by atomic mass is 10.0. The predicted octanol–water partition coefficient (Wildman–Crippen LogP) is 3.88. The molecule has 0 aliphatic heterocycles. The third-order valence-electron chi connectivity index (χ3n) is 2.98. The maximum Gasteiger partial charge on any atom is 0.408 e. The average Bonchev–Trinajstić information content (AvgIpc) is 2.45. The summed E-state index contributed by atoms with van der Waals surface area (Å²) in [5.74, 6) is 0. The monoisotopic (exact) mass is 317 g/mol. The minimum absolute atomic E-state index is 0.315. The van der Waals surface area contributed by atoms with Crippen LogP contribution in [0.2, 0.25) is 0 Å². The number of rotatable bonds is 8. The molecule has 0 fully saturated rings. The van der Waals surface area contributed by atoms with Gasteiger partial charge in [-0.1, -0.05) is 43.0 Å². The topological polar surface area (TPSA) is 47.6 Å². The SMILES string of the molecule is C=CCOC[C@H](NC(=O)OC(C)(C)C)C(=C)Cc1ccccc1. The first kappa shape index (κ1) is 19.0. The summed E-state index contributed by atoms with van der Waals surface area (Å²) in [6.45, 7) is 14.0. The molecule has 23 heavy (non-hydrogen) atoms. The Bertz CT molecular complexity index is 517. The highest BCUT2D eigenvalue weighted by Crippen LogP contribution is 2.12. The summed E-state index contributed by atoms with van der Waals surface area (Å²) in [4.78, 5) is 12.0. The lowest BCUT2D eigenvalue weighted by molar-refractivity contribution is 0.0473. The highest BCUT2D eigenvalue weighted by molar-refractivity contribution is 5.68. The molecule has 0 spiro atoms. The van der Waals surface area contributed by atoms with Crippen molar-refractivity contribution in [2.24, 2.45) is 0 Å². The van der Waals surface area contributed by atoms with Gasteiger partial charge in [0.1, 0.15) is 5.60 Å². The van der Waals surface area contributed by atoms with Gasteiger partial charge in [-0.2, -0.15) is 0 Å². The van der Waals surface area contributed by atoms with E-state index in [2.05, 4.69) is 18.5 Å². The molecular weight excluding hydrogens is 290 g/mol. The van der Waals surface area contributed by atoms with Crippen LogP contribution < -0.4 is 5.32 Å². The number of hydrogen-bond donors (Lipinski definition) is 1. The normalized spacial score (nSPS) is 12.3. The summed E-state index contributed by atoms with van der Waals surface area (Å²) in [5.41, 5.74) is 1.46. The number of hydrogen-bond acceptors (Lipinski definition) is 3. The van der Waals surface area contributed by atoms with Crippen molar-refractivity contribution in [3.8, 4) is 0 Å². The fourth-order valence-electron chi connectivity index (χ4n) is 1.96. The molecule has 0 unspecified atom stereocenters. The molecule has 0 heterocycles. The Labute approximate surface area is 139 Å². The summed E-state index contributed by atoms with van der Waals surface area (Å²) < 4.78 is 10.8. The Morgan fingerprint density at radius 2 is 1.96 bits per heavy atom. The number of ether oxygens (including phenoxy) is 2. The zero-order valence-corrected chi connectivity index (χ0v) is 14.3. The van der Waals surface area contributed by atoms with Crippen molar-refractivity contribution in [3.63, 3.8) is 0 Å². The van der Waals surface area contributed by atoms with Crippen LogP contribution in [-0.4, -0.2) is 30.9 Å². The molecule has 0 radical (unpaired) electrons. The van der Waals surface area contributed by atoms with Gasteiger partial charge in [0.05, 0.1) is 19.3 Å². The fraction of sp³-hybridized carbons (Fsp3) is 0.421. The van der Waals surface area contributed by atoms with E-state index < -0.39 is 11.7 Å². The van der Waals surface area contributed by atoms with Crippen LogP contribution in [0.1, 0.15) is 26.3 Å². The molecule has 0 saturated heterocycles. The Balaban J connectivity index is 2.68. The van der Waals surface area contributed by atoms with Crippen molar-refractivity contribution in [3.05, 3.63) is 60.7 Å². The number of alkyl carbamates (subject to hydrolysis) is 1. The van der Waals surface area contributed by atoms with E-state index in [9.17, 15) is 4.79 Å². The van der Waals surface area contributed by atoms with Gasteiger partial charge in [0.15, 0.2) is 0 Å². The maximum atomic E-state index is 12.0. The van der Waals surface area contributed by atoms with Crippen LogP contribution in [0.3, 0.4) is 0 Å². The molecule has 1 amide bonds. The summed E-state index contributed by atoms with van der Waals surface area (Å²) in [7, 11) is 0. The molecule has 1 aromatic carbocycles. The average molecular weight is 317 g/mol. The second-order valence-electron chi connectivity index (χ2n) is 6.35. The minimum atomic E-state index is -0.544. The Hall–Kier alpha value is -2.07.